The third kappa shape index (κ3) is 3.47. The minimum atomic E-state index is 0.208. The Hall–Kier alpha value is -1.87. The monoisotopic (exact) mass is 310 g/mol. The molecule has 0 fully saturated rings. The predicted molar refractivity (Wildman–Crippen MR) is 95.8 cm³/mol. The summed E-state index contributed by atoms with van der Waals surface area (Å²) in [6.45, 7) is 2.14. The Bertz CT molecular complexity index is 639. The molecule has 0 aromatic heterocycles. The number of fused-ring (bicyclic) bond motifs is 1. The number of hydrogen-bond acceptors (Lipinski definition) is 1. The fourth-order valence-electron chi connectivity index (χ4n) is 3.13. The third-order valence-electron chi connectivity index (χ3n) is 4.32. The topological polar surface area (TPSA) is 24.1 Å². The summed E-state index contributed by atoms with van der Waals surface area (Å²) < 4.78 is 0. The van der Waals surface area contributed by atoms with Crippen molar-refractivity contribution in [2.75, 3.05) is 0 Å². The van der Waals surface area contributed by atoms with Crippen LogP contribution in [-0.2, 0) is 6.42 Å². The molecule has 1 aliphatic carbocycles. The molecule has 1 aliphatic rings. The molecule has 0 heterocycles. The molecule has 0 radical (unpaired) electrons. The van der Waals surface area contributed by atoms with Gasteiger partial charge in [0, 0.05) is 0 Å². The minimum Gasteiger partial charge on any atom is -0.356 e. The lowest BCUT2D eigenvalue weighted by Gasteiger charge is -2.28. The van der Waals surface area contributed by atoms with E-state index < -0.39 is 0 Å². The Labute approximate surface area is 137 Å². The molecule has 0 amide bonds. The Morgan fingerprint density at radius 1 is 1.09 bits per heavy atom. The number of benzene rings is 2. The quantitative estimate of drug-likeness (QED) is 0.827. The molecule has 0 saturated heterocycles. The van der Waals surface area contributed by atoms with Gasteiger partial charge in [-0.15, -0.1) is 0 Å². The van der Waals surface area contributed by atoms with Crippen LogP contribution in [0, 0.1) is 0 Å². The molecule has 2 atom stereocenters. The van der Waals surface area contributed by atoms with Gasteiger partial charge in [-0.1, -0.05) is 54.6 Å². The minimum absolute atomic E-state index is 0.208. The molecule has 2 unspecified atom stereocenters. The van der Waals surface area contributed by atoms with Crippen LogP contribution in [0.15, 0.2) is 54.6 Å². The van der Waals surface area contributed by atoms with Gasteiger partial charge in [0.15, 0.2) is 5.11 Å². The highest BCUT2D eigenvalue weighted by atomic mass is 32.1. The normalized spacial score (nSPS) is 18.1. The number of hydrogen-bond donors (Lipinski definition) is 2. The van der Waals surface area contributed by atoms with Crippen molar-refractivity contribution in [3.8, 4) is 0 Å². The number of nitrogens with one attached hydrogen (secondary N) is 2. The zero-order valence-electron chi connectivity index (χ0n) is 12.9. The number of thiocarbonyl (C=S) groups is 1. The van der Waals surface area contributed by atoms with Gasteiger partial charge < -0.3 is 10.6 Å². The van der Waals surface area contributed by atoms with E-state index in [2.05, 4.69) is 66.1 Å². The molecule has 22 heavy (non-hydrogen) atoms. The third-order valence-corrected chi connectivity index (χ3v) is 4.56. The van der Waals surface area contributed by atoms with Crippen LogP contribution in [-0.4, -0.2) is 5.11 Å². The molecule has 2 aromatic carbocycles. The van der Waals surface area contributed by atoms with Crippen LogP contribution in [0.3, 0.4) is 0 Å². The second kappa shape index (κ2) is 6.93. The Balaban J connectivity index is 1.63. The molecule has 0 saturated carbocycles. The van der Waals surface area contributed by atoms with E-state index in [-0.39, 0.29) is 6.04 Å². The molecule has 114 valence electrons. The first kappa shape index (κ1) is 15.0. The van der Waals surface area contributed by atoms with Gasteiger partial charge in [0.2, 0.25) is 0 Å². The van der Waals surface area contributed by atoms with E-state index in [0.717, 1.165) is 11.5 Å². The lowest BCUT2D eigenvalue weighted by atomic mass is 9.88. The lowest BCUT2D eigenvalue weighted by Crippen LogP contribution is -2.40. The second-order valence-electron chi connectivity index (χ2n) is 5.89. The molecule has 3 rings (SSSR count). The second-order valence-corrected chi connectivity index (χ2v) is 6.30. The Morgan fingerprint density at radius 3 is 2.64 bits per heavy atom. The highest BCUT2D eigenvalue weighted by molar-refractivity contribution is 7.80. The van der Waals surface area contributed by atoms with Crippen LogP contribution in [0.4, 0.5) is 0 Å². The highest BCUT2D eigenvalue weighted by Gasteiger charge is 2.20. The molecular formula is C19H22N2S. The van der Waals surface area contributed by atoms with E-state index in [9.17, 15) is 0 Å². The molecule has 3 heteroatoms. The van der Waals surface area contributed by atoms with Gasteiger partial charge in [0.1, 0.15) is 0 Å². The fourth-order valence-corrected chi connectivity index (χ4v) is 3.44. The van der Waals surface area contributed by atoms with Crippen molar-refractivity contribution in [1.29, 1.82) is 0 Å². The van der Waals surface area contributed by atoms with Gasteiger partial charge in [-0.05, 0) is 55.1 Å². The summed E-state index contributed by atoms with van der Waals surface area (Å²) in [4.78, 5) is 0. The van der Waals surface area contributed by atoms with Gasteiger partial charge in [0.05, 0.1) is 12.1 Å². The van der Waals surface area contributed by atoms with Gasteiger partial charge in [0.25, 0.3) is 0 Å². The van der Waals surface area contributed by atoms with Crippen LogP contribution in [0.25, 0.3) is 0 Å². The molecule has 0 spiro atoms. The van der Waals surface area contributed by atoms with E-state index >= 15 is 0 Å². The van der Waals surface area contributed by atoms with E-state index in [1.807, 2.05) is 6.07 Å². The maximum Gasteiger partial charge on any atom is 0.167 e. The highest BCUT2D eigenvalue weighted by Crippen LogP contribution is 2.29. The van der Waals surface area contributed by atoms with Crippen molar-refractivity contribution in [3.05, 3.63) is 71.3 Å². The average Bonchev–Trinajstić information content (AvgIpc) is 2.56. The number of rotatable bonds is 3. The van der Waals surface area contributed by atoms with E-state index in [0.29, 0.717) is 6.04 Å². The first-order chi connectivity index (χ1) is 10.7. The SMILES string of the molecule is CC(NC(=S)NC1CCCc2ccccc21)c1ccccc1. The van der Waals surface area contributed by atoms with Crippen molar-refractivity contribution < 1.29 is 0 Å². The summed E-state index contributed by atoms with van der Waals surface area (Å²) in [7, 11) is 0. The average molecular weight is 310 g/mol. The first-order valence-electron chi connectivity index (χ1n) is 7.94. The standard InChI is InChI=1S/C19H22N2S/c1-14(15-8-3-2-4-9-15)20-19(22)21-18-13-7-11-16-10-5-6-12-17(16)18/h2-6,8-10,12,14,18H,7,11,13H2,1H3,(H2,20,21,22). The predicted octanol–water partition coefficient (Wildman–Crippen LogP) is 4.29. The maximum absolute atomic E-state index is 5.52. The maximum atomic E-state index is 5.52. The lowest BCUT2D eigenvalue weighted by molar-refractivity contribution is 0.519. The first-order valence-corrected chi connectivity index (χ1v) is 8.34. The van der Waals surface area contributed by atoms with Crippen molar-refractivity contribution in [1.82, 2.24) is 10.6 Å². The van der Waals surface area contributed by atoms with Crippen molar-refractivity contribution in [2.45, 2.75) is 38.3 Å². The van der Waals surface area contributed by atoms with Crippen molar-refractivity contribution in [3.63, 3.8) is 0 Å². The van der Waals surface area contributed by atoms with Crippen molar-refractivity contribution in [2.24, 2.45) is 0 Å². The molecule has 2 N–H and O–H groups in total. The van der Waals surface area contributed by atoms with Gasteiger partial charge in [-0.2, -0.15) is 0 Å². The van der Waals surface area contributed by atoms with E-state index in [1.165, 1.54) is 29.5 Å². The molecule has 2 nitrogen and oxygen atoms in total. The molecule has 0 bridgehead atoms. The van der Waals surface area contributed by atoms with Crippen LogP contribution >= 0.6 is 12.2 Å². The summed E-state index contributed by atoms with van der Waals surface area (Å²) in [5.74, 6) is 0. The largest absolute Gasteiger partial charge is 0.356 e. The fraction of sp³-hybridized carbons (Fsp3) is 0.316. The zero-order valence-corrected chi connectivity index (χ0v) is 13.7. The Morgan fingerprint density at radius 2 is 1.82 bits per heavy atom. The smallest absolute Gasteiger partial charge is 0.167 e. The number of aryl methyl sites for hydroxylation is 1. The van der Waals surface area contributed by atoms with Gasteiger partial charge in [-0.3, -0.25) is 0 Å². The molecule has 2 aromatic rings. The van der Waals surface area contributed by atoms with Crippen molar-refractivity contribution >= 4 is 17.3 Å². The summed E-state index contributed by atoms with van der Waals surface area (Å²) in [6.07, 6.45) is 3.53. The zero-order chi connectivity index (χ0) is 15.4. The van der Waals surface area contributed by atoms with Gasteiger partial charge >= 0.3 is 0 Å². The van der Waals surface area contributed by atoms with E-state index in [4.69, 9.17) is 12.2 Å². The summed E-state index contributed by atoms with van der Waals surface area (Å²) in [5, 5.41) is 7.62. The Kier molecular flexibility index (Phi) is 4.74. The van der Waals surface area contributed by atoms with Crippen LogP contribution < -0.4 is 10.6 Å². The van der Waals surface area contributed by atoms with Crippen LogP contribution in [0.1, 0.15) is 48.5 Å². The van der Waals surface area contributed by atoms with Crippen LogP contribution in [0.2, 0.25) is 0 Å². The summed E-state index contributed by atoms with van der Waals surface area (Å²) >= 11 is 5.52. The van der Waals surface area contributed by atoms with Crippen LogP contribution in [0.5, 0.6) is 0 Å². The summed E-state index contributed by atoms with van der Waals surface area (Å²) in [5.41, 5.74) is 4.09. The molecular weight excluding hydrogens is 288 g/mol. The summed E-state index contributed by atoms with van der Waals surface area (Å²) in [6, 6.07) is 19.6. The van der Waals surface area contributed by atoms with Gasteiger partial charge in [-0.25, -0.2) is 0 Å². The molecule has 0 aliphatic heterocycles. The van der Waals surface area contributed by atoms with E-state index in [1.54, 1.807) is 0 Å².